The summed E-state index contributed by atoms with van der Waals surface area (Å²) in [6, 6.07) is 4.63. The van der Waals surface area contributed by atoms with Crippen molar-refractivity contribution in [1.82, 2.24) is 5.32 Å². The van der Waals surface area contributed by atoms with E-state index in [0.29, 0.717) is 6.54 Å². The third kappa shape index (κ3) is 4.43. The van der Waals surface area contributed by atoms with E-state index in [1.807, 2.05) is 0 Å². The third-order valence-corrected chi connectivity index (χ3v) is 2.34. The van der Waals surface area contributed by atoms with Gasteiger partial charge in [-0.25, -0.2) is 9.18 Å². The predicted octanol–water partition coefficient (Wildman–Crippen LogP) is 3.28. The molecule has 0 aliphatic rings. The van der Waals surface area contributed by atoms with Gasteiger partial charge in [-0.2, -0.15) is 0 Å². The van der Waals surface area contributed by atoms with Crippen molar-refractivity contribution in [2.24, 2.45) is 0 Å². The summed E-state index contributed by atoms with van der Waals surface area (Å²) in [5.41, 5.74) is 0.979. The molecule has 0 aliphatic heterocycles. The highest BCUT2D eigenvalue weighted by atomic mass is 19.1. The Balaban J connectivity index is 2.72. The lowest BCUT2D eigenvalue weighted by atomic mass is 10.1. The lowest BCUT2D eigenvalue weighted by Crippen LogP contribution is -2.26. The van der Waals surface area contributed by atoms with Crippen LogP contribution in [0.4, 0.5) is 9.18 Å². The Hall–Kier alpha value is -1.58. The molecule has 1 rings (SSSR count). The van der Waals surface area contributed by atoms with Gasteiger partial charge < -0.3 is 10.1 Å². The molecule has 0 aliphatic carbocycles. The van der Waals surface area contributed by atoms with E-state index >= 15 is 0 Å². The fourth-order valence-corrected chi connectivity index (χ4v) is 1.44. The number of aryl methyl sites for hydroxylation is 1. The highest BCUT2D eigenvalue weighted by molar-refractivity contribution is 5.70. The van der Waals surface area contributed by atoms with E-state index < -0.39 is 11.9 Å². The molecule has 0 heterocycles. The summed E-state index contributed by atoms with van der Waals surface area (Å²) < 4.78 is 18.3. The Bertz CT molecular complexity index is 380. The maximum Gasteiger partial charge on any atom is 0.412 e. The van der Waals surface area contributed by atoms with Crippen LogP contribution in [-0.2, 0) is 6.42 Å². The minimum atomic E-state index is -0.626. The molecule has 0 saturated heterocycles. The number of unbranched alkanes of at least 4 members (excludes halogenated alkanes) is 1. The first kappa shape index (κ1) is 13.5. The van der Waals surface area contributed by atoms with Crippen LogP contribution in [0.5, 0.6) is 5.75 Å². The highest BCUT2D eigenvalue weighted by Crippen LogP contribution is 2.20. The monoisotopic (exact) mass is 239 g/mol. The number of amides is 1. The molecule has 0 bridgehead atoms. The van der Waals surface area contributed by atoms with Gasteiger partial charge in [-0.15, -0.1) is 0 Å². The van der Waals surface area contributed by atoms with Gasteiger partial charge in [0.2, 0.25) is 0 Å². The van der Waals surface area contributed by atoms with Crippen LogP contribution in [0.25, 0.3) is 0 Å². The molecule has 0 fully saturated rings. The molecule has 0 unspecified atom stereocenters. The van der Waals surface area contributed by atoms with Crippen molar-refractivity contribution in [3.63, 3.8) is 0 Å². The summed E-state index contributed by atoms with van der Waals surface area (Å²) in [5.74, 6) is -0.527. The van der Waals surface area contributed by atoms with Crippen LogP contribution in [0.3, 0.4) is 0 Å². The number of ether oxygens (including phenoxy) is 1. The first-order valence-electron chi connectivity index (χ1n) is 5.91. The van der Waals surface area contributed by atoms with Crippen LogP contribution in [-0.4, -0.2) is 12.6 Å². The molecule has 1 aromatic carbocycles. The van der Waals surface area contributed by atoms with Gasteiger partial charge in [-0.1, -0.05) is 19.4 Å². The third-order valence-electron chi connectivity index (χ3n) is 2.34. The van der Waals surface area contributed by atoms with E-state index in [4.69, 9.17) is 4.74 Å². The van der Waals surface area contributed by atoms with Gasteiger partial charge in [0.25, 0.3) is 0 Å². The van der Waals surface area contributed by atoms with Crippen molar-refractivity contribution in [2.75, 3.05) is 6.54 Å². The topological polar surface area (TPSA) is 38.3 Å². The summed E-state index contributed by atoms with van der Waals surface area (Å²) >= 11 is 0. The number of carbonyl (C=O) groups excluding carboxylic acids is 1. The van der Waals surface area contributed by atoms with Crippen molar-refractivity contribution in [3.05, 3.63) is 29.6 Å². The first-order valence-corrected chi connectivity index (χ1v) is 5.91. The zero-order chi connectivity index (χ0) is 12.7. The second kappa shape index (κ2) is 6.89. The molecule has 4 heteroatoms. The van der Waals surface area contributed by atoms with Gasteiger partial charge in [0.05, 0.1) is 0 Å². The van der Waals surface area contributed by atoms with E-state index in [-0.39, 0.29) is 5.75 Å². The molecule has 1 amide bonds. The largest absolute Gasteiger partial charge is 0.412 e. The summed E-state index contributed by atoms with van der Waals surface area (Å²) in [5, 5.41) is 2.46. The summed E-state index contributed by atoms with van der Waals surface area (Å²) in [7, 11) is 0. The Morgan fingerprint density at radius 3 is 2.82 bits per heavy atom. The van der Waals surface area contributed by atoms with E-state index in [1.54, 1.807) is 19.1 Å². The Morgan fingerprint density at radius 1 is 1.41 bits per heavy atom. The van der Waals surface area contributed by atoms with Gasteiger partial charge in [-0.3, -0.25) is 0 Å². The van der Waals surface area contributed by atoms with Crippen molar-refractivity contribution < 1.29 is 13.9 Å². The molecule has 3 nitrogen and oxygen atoms in total. The van der Waals surface area contributed by atoms with E-state index in [9.17, 15) is 9.18 Å². The molecule has 1 aromatic rings. The van der Waals surface area contributed by atoms with Gasteiger partial charge in [-0.05, 0) is 37.5 Å². The highest BCUT2D eigenvalue weighted by Gasteiger charge is 2.09. The Morgan fingerprint density at radius 2 is 2.18 bits per heavy atom. The second-order valence-electron chi connectivity index (χ2n) is 3.79. The number of benzene rings is 1. The summed E-state index contributed by atoms with van der Waals surface area (Å²) in [4.78, 5) is 11.2. The number of rotatable bonds is 5. The normalized spacial score (nSPS) is 10.1. The second-order valence-corrected chi connectivity index (χ2v) is 3.79. The van der Waals surface area contributed by atoms with Gasteiger partial charge in [0.1, 0.15) is 0 Å². The molecular formula is C13H18FNO2. The molecule has 0 radical (unpaired) electrons. The van der Waals surface area contributed by atoms with E-state index in [2.05, 4.69) is 12.2 Å². The maximum atomic E-state index is 13.4. The smallest absolute Gasteiger partial charge is 0.407 e. The molecule has 17 heavy (non-hydrogen) atoms. The van der Waals surface area contributed by atoms with E-state index in [1.165, 1.54) is 6.07 Å². The predicted molar refractivity (Wildman–Crippen MR) is 64.7 cm³/mol. The zero-order valence-electron chi connectivity index (χ0n) is 10.3. The molecule has 0 saturated carbocycles. The summed E-state index contributed by atoms with van der Waals surface area (Å²) in [6.45, 7) is 4.32. The molecule has 0 atom stereocenters. The average molecular weight is 239 g/mol. The number of nitrogens with one attached hydrogen (secondary N) is 1. The minimum absolute atomic E-state index is 0.00967. The molecule has 1 N–H and O–H groups in total. The number of hydrogen-bond donors (Lipinski definition) is 1. The molecule has 0 aromatic heterocycles. The first-order chi connectivity index (χ1) is 8.17. The van der Waals surface area contributed by atoms with E-state index in [0.717, 1.165) is 24.8 Å². The lowest BCUT2D eigenvalue weighted by Gasteiger charge is -2.07. The van der Waals surface area contributed by atoms with Gasteiger partial charge in [0.15, 0.2) is 11.6 Å². The van der Waals surface area contributed by atoms with Crippen molar-refractivity contribution in [1.29, 1.82) is 0 Å². The fourth-order valence-electron chi connectivity index (χ4n) is 1.44. The average Bonchev–Trinajstić information content (AvgIpc) is 2.30. The molecular weight excluding hydrogens is 221 g/mol. The molecule has 0 spiro atoms. The zero-order valence-corrected chi connectivity index (χ0v) is 10.3. The lowest BCUT2D eigenvalue weighted by molar-refractivity contribution is 0.199. The molecule has 94 valence electrons. The Kier molecular flexibility index (Phi) is 5.46. The summed E-state index contributed by atoms with van der Waals surface area (Å²) in [6.07, 6.45) is 2.34. The Labute approximate surface area is 101 Å². The standard InChI is InChI=1S/C13H18FNO2/c1-3-5-6-10-7-8-11(14)12(9-10)17-13(16)15-4-2/h7-9H,3-6H2,1-2H3,(H,15,16). The van der Waals surface area contributed by atoms with Gasteiger partial charge >= 0.3 is 6.09 Å². The number of halogens is 1. The SMILES string of the molecule is CCCCc1ccc(F)c(OC(=O)NCC)c1. The minimum Gasteiger partial charge on any atom is -0.407 e. The van der Waals surface area contributed by atoms with Crippen LogP contribution in [0.2, 0.25) is 0 Å². The quantitative estimate of drug-likeness (QED) is 0.856. The van der Waals surface area contributed by atoms with Crippen LogP contribution in [0, 0.1) is 5.82 Å². The van der Waals surface area contributed by atoms with Crippen LogP contribution < -0.4 is 10.1 Å². The van der Waals surface area contributed by atoms with Gasteiger partial charge in [0, 0.05) is 6.54 Å². The van der Waals surface area contributed by atoms with Crippen LogP contribution >= 0.6 is 0 Å². The van der Waals surface area contributed by atoms with Crippen LogP contribution in [0.15, 0.2) is 18.2 Å². The van der Waals surface area contributed by atoms with Crippen LogP contribution in [0.1, 0.15) is 32.3 Å². The fraction of sp³-hybridized carbons (Fsp3) is 0.462. The van der Waals surface area contributed by atoms with Crippen molar-refractivity contribution >= 4 is 6.09 Å². The number of carbonyl (C=O) groups is 1. The van der Waals surface area contributed by atoms with Crippen molar-refractivity contribution in [3.8, 4) is 5.75 Å². The maximum absolute atomic E-state index is 13.4. The number of hydrogen-bond acceptors (Lipinski definition) is 2. The van der Waals surface area contributed by atoms with Crippen molar-refractivity contribution in [2.45, 2.75) is 33.1 Å².